The molecule has 0 unspecified atom stereocenters. The number of aliphatic hydroxyl groups excluding tert-OH is 1. The maximum absolute atomic E-state index is 9.77. The first kappa shape index (κ1) is 21.9. The van der Waals surface area contributed by atoms with Gasteiger partial charge in [-0.15, -0.1) is 0 Å². The van der Waals surface area contributed by atoms with Crippen LogP contribution in [0.1, 0.15) is 55.7 Å². The van der Waals surface area contributed by atoms with E-state index in [2.05, 4.69) is 52.9 Å². The summed E-state index contributed by atoms with van der Waals surface area (Å²) in [5.41, 5.74) is 4.53. The lowest BCUT2D eigenvalue weighted by Gasteiger charge is -2.22. The molecule has 1 aromatic carbocycles. The summed E-state index contributed by atoms with van der Waals surface area (Å²) in [6.07, 6.45) is 5.51. The van der Waals surface area contributed by atoms with Crippen LogP contribution in [0.25, 0.3) is 10.9 Å². The zero-order valence-electron chi connectivity index (χ0n) is 19.2. The standard InChI is InChI=1S/C25H35N3O3/c1-17(2)9-11-30-22-7-8-25-23(12-22)20(13-27-10-5-6-21(27)16-29)14-28(25)15-24-18(3)26-31-19(24)4/h7-8,12,14,17,21,29H,5-6,9-11,13,15-16H2,1-4H3/t21-/m0/s1. The molecule has 0 bridgehead atoms. The Morgan fingerprint density at radius 3 is 2.81 bits per heavy atom. The number of benzene rings is 1. The summed E-state index contributed by atoms with van der Waals surface area (Å²) in [7, 11) is 0. The maximum atomic E-state index is 9.77. The zero-order chi connectivity index (χ0) is 22.0. The molecule has 6 nitrogen and oxygen atoms in total. The van der Waals surface area contributed by atoms with Crippen molar-refractivity contribution in [3.05, 3.63) is 47.0 Å². The number of hydrogen-bond donors (Lipinski definition) is 1. The maximum Gasteiger partial charge on any atom is 0.138 e. The van der Waals surface area contributed by atoms with Crippen molar-refractivity contribution in [2.75, 3.05) is 19.8 Å². The summed E-state index contributed by atoms with van der Waals surface area (Å²) in [6.45, 7) is 12.0. The largest absolute Gasteiger partial charge is 0.494 e. The van der Waals surface area contributed by atoms with Crippen LogP contribution in [0.2, 0.25) is 0 Å². The van der Waals surface area contributed by atoms with E-state index in [9.17, 15) is 5.11 Å². The van der Waals surface area contributed by atoms with E-state index in [-0.39, 0.29) is 12.6 Å². The molecule has 31 heavy (non-hydrogen) atoms. The summed E-state index contributed by atoms with van der Waals surface area (Å²) in [4.78, 5) is 2.40. The molecule has 1 saturated heterocycles. The molecule has 0 saturated carbocycles. The van der Waals surface area contributed by atoms with Crippen molar-refractivity contribution in [2.45, 2.75) is 66.1 Å². The quantitative estimate of drug-likeness (QED) is 0.539. The molecule has 0 spiro atoms. The lowest BCUT2D eigenvalue weighted by Crippen LogP contribution is -2.31. The Bertz CT molecular complexity index is 1000. The fourth-order valence-corrected chi connectivity index (χ4v) is 4.54. The molecule has 0 aliphatic carbocycles. The van der Waals surface area contributed by atoms with Crippen LogP contribution in [0, 0.1) is 19.8 Å². The Morgan fingerprint density at radius 1 is 1.26 bits per heavy atom. The van der Waals surface area contributed by atoms with Gasteiger partial charge in [0.15, 0.2) is 0 Å². The Balaban J connectivity index is 1.67. The Kier molecular flexibility index (Phi) is 6.68. The second kappa shape index (κ2) is 9.45. The van der Waals surface area contributed by atoms with Gasteiger partial charge in [-0.2, -0.15) is 0 Å². The molecular weight excluding hydrogens is 390 g/mol. The smallest absolute Gasteiger partial charge is 0.138 e. The Morgan fingerprint density at radius 2 is 2.10 bits per heavy atom. The minimum Gasteiger partial charge on any atom is -0.494 e. The lowest BCUT2D eigenvalue weighted by atomic mass is 10.1. The van der Waals surface area contributed by atoms with Gasteiger partial charge in [-0.05, 0) is 69.3 Å². The molecule has 0 amide bonds. The van der Waals surface area contributed by atoms with Crippen molar-refractivity contribution in [1.29, 1.82) is 0 Å². The molecule has 6 heteroatoms. The SMILES string of the molecule is Cc1noc(C)c1Cn1cc(CN2CCC[C@H]2CO)c2cc(OCCC(C)C)ccc21. The molecule has 3 aromatic rings. The third-order valence-corrected chi connectivity index (χ3v) is 6.49. The minimum atomic E-state index is 0.223. The van der Waals surface area contributed by atoms with Gasteiger partial charge in [0, 0.05) is 35.2 Å². The summed E-state index contributed by atoms with van der Waals surface area (Å²) >= 11 is 0. The highest BCUT2D eigenvalue weighted by atomic mass is 16.5. The zero-order valence-corrected chi connectivity index (χ0v) is 19.2. The molecule has 1 aliphatic heterocycles. The van der Waals surface area contributed by atoms with Crippen LogP contribution >= 0.6 is 0 Å². The highest BCUT2D eigenvalue weighted by Crippen LogP contribution is 2.30. The van der Waals surface area contributed by atoms with Gasteiger partial charge in [0.05, 0.1) is 25.5 Å². The summed E-state index contributed by atoms with van der Waals surface area (Å²) in [6, 6.07) is 6.67. The normalized spacial score (nSPS) is 17.3. The van der Waals surface area contributed by atoms with Gasteiger partial charge in [0.1, 0.15) is 11.5 Å². The topological polar surface area (TPSA) is 63.7 Å². The van der Waals surface area contributed by atoms with Crippen LogP contribution < -0.4 is 4.74 Å². The van der Waals surface area contributed by atoms with Crippen molar-refractivity contribution >= 4 is 10.9 Å². The number of aryl methyl sites for hydroxylation is 2. The van der Waals surface area contributed by atoms with Crippen molar-refractivity contribution in [3.63, 3.8) is 0 Å². The van der Waals surface area contributed by atoms with Gasteiger partial charge in [-0.25, -0.2) is 0 Å². The molecule has 3 heterocycles. The monoisotopic (exact) mass is 425 g/mol. The molecule has 1 atom stereocenters. The second-order valence-corrected chi connectivity index (χ2v) is 9.24. The van der Waals surface area contributed by atoms with Gasteiger partial charge < -0.3 is 18.9 Å². The molecule has 168 valence electrons. The van der Waals surface area contributed by atoms with Crippen LogP contribution in [0.4, 0.5) is 0 Å². The molecule has 4 rings (SSSR count). The van der Waals surface area contributed by atoms with Crippen LogP contribution in [0.5, 0.6) is 5.75 Å². The van der Waals surface area contributed by atoms with Crippen molar-refractivity contribution < 1.29 is 14.4 Å². The number of rotatable bonds is 9. The van der Waals surface area contributed by atoms with E-state index in [4.69, 9.17) is 9.26 Å². The van der Waals surface area contributed by atoms with Crippen LogP contribution in [-0.4, -0.2) is 45.5 Å². The van der Waals surface area contributed by atoms with E-state index < -0.39 is 0 Å². The van der Waals surface area contributed by atoms with E-state index in [1.165, 1.54) is 16.5 Å². The number of nitrogens with zero attached hydrogens (tertiary/aromatic N) is 3. The van der Waals surface area contributed by atoms with Gasteiger partial charge in [-0.3, -0.25) is 4.90 Å². The van der Waals surface area contributed by atoms with Crippen LogP contribution in [-0.2, 0) is 13.1 Å². The highest BCUT2D eigenvalue weighted by molar-refractivity contribution is 5.85. The average Bonchev–Trinajstić information content (AvgIpc) is 3.42. The van der Waals surface area contributed by atoms with E-state index in [1.807, 2.05) is 13.8 Å². The molecule has 2 aromatic heterocycles. The first-order valence-electron chi connectivity index (χ1n) is 11.5. The lowest BCUT2D eigenvalue weighted by molar-refractivity contribution is 0.154. The fraction of sp³-hybridized carbons (Fsp3) is 0.560. The van der Waals surface area contributed by atoms with Gasteiger partial charge in [0.25, 0.3) is 0 Å². The summed E-state index contributed by atoms with van der Waals surface area (Å²) in [5, 5.41) is 15.1. The minimum absolute atomic E-state index is 0.223. The molecular formula is C25H35N3O3. The number of hydrogen-bond acceptors (Lipinski definition) is 5. The van der Waals surface area contributed by atoms with E-state index in [0.717, 1.165) is 68.3 Å². The number of ether oxygens (including phenoxy) is 1. The fourth-order valence-electron chi connectivity index (χ4n) is 4.54. The van der Waals surface area contributed by atoms with Gasteiger partial charge in [-0.1, -0.05) is 19.0 Å². The first-order valence-corrected chi connectivity index (χ1v) is 11.5. The predicted molar refractivity (Wildman–Crippen MR) is 122 cm³/mol. The number of fused-ring (bicyclic) bond motifs is 1. The third-order valence-electron chi connectivity index (χ3n) is 6.49. The van der Waals surface area contributed by atoms with Crippen LogP contribution in [0.3, 0.4) is 0 Å². The van der Waals surface area contributed by atoms with E-state index in [1.54, 1.807) is 0 Å². The predicted octanol–water partition coefficient (Wildman–Crippen LogP) is 4.68. The van der Waals surface area contributed by atoms with Crippen molar-refractivity contribution in [2.24, 2.45) is 5.92 Å². The third kappa shape index (κ3) is 4.80. The van der Waals surface area contributed by atoms with Gasteiger partial charge in [0.2, 0.25) is 0 Å². The molecule has 1 fully saturated rings. The first-order chi connectivity index (χ1) is 15.0. The Hall–Kier alpha value is -2.31. The van der Waals surface area contributed by atoms with Crippen LogP contribution in [0.15, 0.2) is 28.9 Å². The summed E-state index contributed by atoms with van der Waals surface area (Å²) in [5.74, 6) is 2.42. The Labute approximate surface area is 184 Å². The molecule has 1 aliphatic rings. The number of aromatic nitrogens is 2. The van der Waals surface area contributed by atoms with E-state index in [0.29, 0.717) is 5.92 Å². The molecule has 1 N–H and O–H groups in total. The van der Waals surface area contributed by atoms with E-state index >= 15 is 0 Å². The van der Waals surface area contributed by atoms with Crippen molar-refractivity contribution in [3.8, 4) is 5.75 Å². The number of aliphatic hydroxyl groups is 1. The number of likely N-dealkylation sites (tertiary alicyclic amines) is 1. The second-order valence-electron chi connectivity index (χ2n) is 9.24. The molecule has 0 radical (unpaired) electrons. The summed E-state index contributed by atoms with van der Waals surface area (Å²) < 4.78 is 13.7. The average molecular weight is 426 g/mol. The van der Waals surface area contributed by atoms with Crippen molar-refractivity contribution in [1.82, 2.24) is 14.6 Å². The van der Waals surface area contributed by atoms with Gasteiger partial charge >= 0.3 is 0 Å². The highest BCUT2D eigenvalue weighted by Gasteiger charge is 2.25.